The van der Waals surface area contributed by atoms with Crippen molar-refractivity contribution in [2.75, 3.05) is 17.2 Å². The molecule has 0 aliphatic rings. The molecule has 0 saturated carbocycles. The zero-order valence-electron chi connectivity index (χ0n) is 9.40. The number of rotatable bonds is 5. The second-order valence-electron chi connectivity index (χ2n) is 3.41. The van der Waals surface area contributed by atoms with E-state index in [2.05, 4.69) is 20.6 Å². The maximum atomic E-state index is 13.4. The van der Waals surface area contributed by atoms with Crippen LogP contribution in [0.5, 0.6) is 0 Å². The van der Waals surface area contributed by atoms with Crippen LogP contribution in [0.3, 0.4) is 0 Å². The predicted molar refractivity (Wildman–Crippen MR) is 62.2 cm³/mol. The van der Waals surface area contributed by atoms with Crippen LogP contribution in [-0.2, 0) is 6.54 Å². The Morgan fingerprint density at radius 1 is 1.41 bits per heavy atom. The molecular weight excluding hydrogens is 223 g/mol. The number of furan rings is 1. The van der Waals surface area contributed by atoms with Gasteiger partial charge in [-0.3, -0.25) is 0 Å². The molecule has 0 aliphatic carbocycles. The first-order valence-electron chi connectivity index (χ1n) is 5.31. The molecule has 2 rings (SSSR count). The van der Waals surface area contributed by atoms with Gasteiger partial charge in [0.25, 0.3) is 0 Å². The molecule has 0 aliphatic heterocycles. The van der Waals surface area contributed by atoms with E-state index in [0.717, 1.165) is 11.8 Å². The lowest BCUT2D eigenvalue weighted by molar-refractivity contribution is 0.564. The quantitative estimate of drug-likeness (QED) is 0.833. The van der Waals surface area contributed by atoms with Crippen molar-refractivity contribution in [3.63, 3.8) is 0 Å². The lowest BCUT2D eigenvalue weighted by Crippen LogP contribution is -2.08. The summed E-state index contributed by atoms with van der Waals surface area (Å²) < 4.78 is 18.3. The molecule has 0 aromatic carbocycles. The molecule has 2 aromatic heterocycles. The van der Waals surface area contributed by atoms with Gasteiger partial charge in [-0.05, 0) is 13.0 Å². The third kappa shape index (κ3) is 2.93. The van der Waals surface area contributed by atoms with E-state index in [4.69, 9.17) is 4.42 Å². The number of nitrogens with one attached hydrogen (secondary N) is 2. The van der Waals surface area contributed by atoms with Gasteiger partial charge in [0.1, 0.15) is 0 Å². The summed E-state index contributed by atoms with van der Waals surface area (Å²) >= 11 is 0. The van der Waals surface area contributed by atoms with Gasteiger partial charge in [0.05, 0.1) is 18.7 Å². The molecule has 2 aromatic rings. The van der Waals surface area contributed by atoms with Crippen LogP contribution in [0.1, 0.15) is 12.5 Å². The highest BCUT2D eigenvalue weighted by molar-refractivity contribution is 5.41. The van der Waals surface area contributed by atoms with Crippen LogP contribution in [0.2, 0.25) is 0 Å². The lowest BCUT2D eigenvalue weighted by Gasteiger charge is -2.07. The summed E-state index contributed by atoms with van der Waals surface area (Å²) in [5, 5.41) is 5.81. The normalized spacial score (nSPS) is 10.2. The summed E-state index contributed by atoms with van der Waals surface area (Å²) in [7, 11) is 0. The maximum Gasteiger partial charge on any atom is 0.224 e. The third-order valence-corrected chi connectivity index (χ3v) is 2.12. The minimum Gasteiger partial charge on any atom is -0.472 e. The van der Waals surface area contributed by atoms with Crippen LogP contribution in [0.4, 0.5) is 16.2 Å². The Balaban J connectivity index is 2.06. The highest BCUT2D eigenvalue weighted by atomic mass is 19.1. The second kappa shape index (κ2) is 5.29. The van der Waals surface area contributed by atoms with Gasteiger partial charge in [-0.1, -0.05) is 0 Å². The zero-order valence-corrected chi connectivity index (χ0v) is 9.40. The first kappa shape index (κ1) is 11.4. The van der Waals surface area contributed by atoms with E-state index in [1.165, 1.54) is 0 Å². The van der Waals surface area contributed by atoms with Crippen molar-refractivity contribution in [1.29, 1.82) is 0 Å². The van der Waals surface area contributed by atoms with Crippen LogP contribution in [0.25, 0.3) is 0 Å². The molecule has 0 bridgehead atoms. The van der Waals surface area contributed by atoms with E-state index >= 15 is 0 Å². The molecular formula is C11H13FN4O. The Labute approximate surface area is 98.1 Å². The van der Waals surface area contributed by atoms with Crippen LogP contribution >= 0.6 is 0 Å². The van der Waals surface area contributed by atoms with E-state index < -0.39 is 5.82 Å². The number of hydrogen-bond acceptors (Lipinski definition) is 5. The number of halogens is 1. The Morgan fingerprint density at radius 3 is 3.00 bits per heavy atom. The summed E-state index contributed by atoms with van der Waals surface area (Å²) in [6.07, 6.45) is 4.30. The molecule has 17 heavy (non-hydrogen) atoms. The topological polar surface area (TPSA) is 63.0 Å². The smallest absolute Gasteiger partial charge is 0.224 e. The van der Waals surface area contributed by atoms with E-state index in [1.807, 2.05) is 6.92 Å². The average Bonchev–Trinajstić information content (AvgIpc) is 2.83. The highest BCUT2D eigenvalue weighted by Crippen LogP contribution is 2.13. The molecule has 5 nitrogen and oxygen atoms in total. The standard InChI is InChI=1S/C11H13FN4O/c1-2-13-11-15-6-9(12)10(16-11)14-5-8-3-4-17-7-8/h3-4,6-7H,2,5H2,1H3,(H2,13,14,15,16). The fourth-order valence-corrected chi connectivity index (χ4v) is 1.31. The predicted octanol–water partition coefficient (Wildman–Crippen LogP) is 2.25. The minimum absolute atomic E-state index is 0.178. The molecule has 0 amide bonds. The van der Waals surface area contributed by atoms with Crippen LogP contribution in [-0.4, -0.2) is 16.5 Å². The summed E-state index contributed by atoms with van der Waals surface area (Å²) in [4.78, 5) is 7.84. The van der Waals surface area contributed by atoms with Gasteiger partial charge in [0, 0.05) is 18.7 Å². The third-order valence-electron chi connectivity index (χ3n) is 2.12. The van der Waals surface area contributed by atoms with Gasteiger partial charge in [0.15, 0.2) is 11.6 Å². The summed E-state index contributed by atoms with van der Waals surface area (Å²) in [6.45, 7) is 3.06. The highest BCUT2D eigenvalue weighted by Gasteiger charge is 2.06. The molecule has 6 heteroatoms. The van der Waals surface area contributed by atoms with Gasteiger partial charge in [0.2, 0.25) is 5.95 Å². The summed E-state index contributed by atoms with van der Waals surface area (Å²) in [5.74, 6) is 0.107. The van der Waals surface area contributed by atoms with Gasteiger partial charge in [-0.15, -0.1) is 0 Å². The fourth-order valence-electron chi connectivity index (χ4n) is 1.31. The van der Waals surface area contributed by atoms with Gasteiger partial charge in [-0.25, -0.2) is 9.37 Å². The number of nitrogens with zero attached hydrogens (tertiary/aromatic N) is 2. The van der Waals surface area contributed by atoms with E-state index in [9.17, 15) is 4.39 Å². The van der Waals surface area contributed by atoms with Gasteiger partial charge in [-0.2, -0.15) is 4.98 Å². The van der Waals surface area contributed by atoms with Crippen molar-refractivity contribution in [2.24, 2.45) is 0 Å². The zero-order chi connectivity index (χ0) is 12.1. The second-order valence-corrected chi connectivity index (χ2v) is 3.41. The molecule has 2 heterocycles. The Bertz CT molecular complexity index is 472. The monoisotopic (exact) mass is 236 g/mol. The lowest BCUT2D eigenvalue weighted by atomic mass is 10.3. The van der Waals surface area contributed by atoms with E-state index in [1.54, 1.807) is 18.6 Å². The number of anilines is 2. The summed E-state index contributed by atoms with van der Waals surface area (Å²) in [5.41, 5.74) is 0.924. The molecule has 0 spiro atoms. The first-order valence-corrected chi connectivity index (χ1v) is 5.31. The van der Waals surface area contributed by atoms with Crippen LogP contribution in [0.15, 0.2) is 29.2 Å². The van der Waals surface area contributed by atoms with Crippen molar-refractivity contribution in [3.8, 4) is 0 Å². The summed E-state index contributed by atoms with van der Waals surface area (Å²) in [6, 6.07) is 1.80. The van der Waals surface area contributed by atoms with Crippen molar-refractivity contribution in [3.05, 3.63) is 36.2 Å². The van der Waals surface area contributed by atoms with Crippen molar-refractivity contribution in [1.82, 2.24) is 9.97 Å². The molecule has 0 saturated heterocycles. The van der Waals surface area contributed by atoms with Crippen molar-refractivity contribution < 1.29 is 8.81 Å². The SMILES string of the molecule is CCNc1ncc(F)c(NCc2ccoc2)n1. The maximum absolute atomic E-state index is 13.4. The molecule has 2 N–H and O–H groups in total. The average molecular weight is 236 g/mol. The van der Waals surface area contributed by atoms with Crippen LogP contribution in [0, 0.1) is 5.82 Å². The molecule has 90 valence electrons. The molecule has 0 atom stereocenters. The largest absolute Gasteiger partial charge is 0.472 e. The number of hydrogen-bond donors (Lipinski definition) is 2. The van der Waals surface area contributed by atoms with E-state index in [-0.39, 0.29) is 5.82 Å². The Morgan fingerprint density at radius 2 is 2.29 bits per heavy atom. The molecule has 0 fully saturated rings. The van der Waals surface area contributed by atoms with Gasteiger partial charge >= 0.3 is 0 Å². The minimum atomic E-state index is -0.477. The number of aromatic nitrogens is 2. The Kier molecular flexibility index (Phi) is 3.54. The van der Waals surface area contributed by atoms with E-state index in [0.29, 0.717) is 19.0 Å². The first-order chi connectivity index (χ1) is 8.29. The Hall–Kier alpha value is -2.11. The van der Waals surface area contributed by atoms with Crippen LogP contribution < -0.4 is 10.6 Å². The van der Waals surface area contributed by atoms with Crippen molar-refractivity contribution >= 4 is 11.8 Å². The van der Waals surface area contributed by atoms with Crippen molar-refractivity contribution in [2.45, 2.75) is 13.5 Å². The molecule has 0 radical (unpaired) electrons. The molecule has 0 unspecified atom stereocenters. The fraction of sp³-hybridized carbons (Fsp3) is 0.273. The van der Waals surface area contributed by atoms with Gasteiger partial charge < -0.3 is 15.1 Å².